The van der Waals surface area contributed by atoms with E-state index in [1.165, 1.54) is 0 Å². The molecule has 5 atom stereocenters. The maximum atomic E-state index is 11.3. The second-order valence-electron chi connectivity index (χ2n) is 10.3. The van der Waals surface area contributed by atoms with Crippen LogP contribution in [0.15, 0.2) is 36.4 Å². The number of ether oxygens (including phenoxy) is 4. The summed E-state index contributed by atoms with van der Waals surface area (Å²) in [6.07, 6.45) is -0.478. The van der Waals surface area contributed by atoms with Crippen molar-refractivity contribution in [3.63, 3.8) is 0 Å². The molecule has 0 aromatic heterocycles. The zero-order valence-electron chi connectivity index (χ0n) is 20.3. The molecule has 2 aliphatic heterocycles. The Morgan fingerprint density at radius 1 is 1.20 bits per heavy atom. The van der Waals surface area contributed by atoms with Crippen molar-refractivity contribution in [1.82, 2.24) is 5.32 Å². The molecule has 3 aliphatic rings. The number of carbonyl (C=O) groups is 1. The van der Waals surface area contributed by atoms with Gasteiger partial charge in [0.05, 0.1) is 18.8 Å². The zero-order chi connectivity index (χ0) is 24.7. The lowest BCUT2D eigenvalue weighted by Gasteiger charge is -2.29. The van der Waals surface area contributed by atoms with Crippen LogP contribution in [0.1, 0.15) is 49.5 Å². The molecule has 0 radical (unpaired) electrons. The molecule has 35 heavy (non-hydrogen) atoms. The van der Waals surface area contributed by atoms with Crippen molar-refractivity contribution >= 4 is 5.97 Å². The fraction of sp³-hybridized carbons (Fsp3) is 0.519. The number of hydrogen-bond donors (Lipinski definition) is 3. The highest BCUT2D eigenvalue weighted by atomic mass is 16.6. The van der Waals surface area contributed by atoms with Crippen molar-refractivity contribution in [2.75, 3.05) is 26.4 Å². The van der Waals surface area contributed by atoms with Gasteiger partial charge in [-0.15, -0.1) is 0 Å². The summed E-state index contributed by atoms with van der Waals surface area (Å²) in [6, 6.07) is 11.8. The van der Waals surface area contributed by atoms with Crippen LogP contribution in [0.5, 0.6) is 17.2 Å². The Kier molecular flexibility index (Phi) is 6.38. The topological polar surface area (TPSA) is 106 Å². The van der Waals surface area contributed by atoms with Gasteiger partial charge in [-0.25, -0.2) is 0 Å². The number of aliphatic hydroxyl groups excluding tert-OH is 1. The Balaban J connectivity index is 1.11. The number of carboxylic acid groups (broad SMARTS) is 1. The molecule has 0 saturated heterocycles. The van der Waals surface area contributed by atoms with Gasteiger partial charge in [-0.05, 0) is 44.9 Å². The average molecular weight is 484 g/mol. The number of rotatable bonds is 10. The molecule has 8 nitrogen and oxygen atoms in total. The third-order valence-electron chi connectivity index (χ3n) is 6.97. The number of para-hydroxylation sites is 1. The minimum Gasteiger partial charge on any atom is -0.488 e. The van der Waals surface area contributed by atoms with E-state index in [0.29, 0.717) is 19.8 Å². The molecular weight excluding hydrogens is 450 g/mol. The quantitative estimate of drug-likeness (QED) is 0.474. The SMILES string of the molecule is C[C@@H](OC[C@H](O)CNC(C)(C)Cc1ccc2c(c1)OCCO2)c1cccc2c1O[C@@H]1[C@@H](C(=O)O)[C@H]21. The molecule has 5 rings (SSSR count). The van der Waals surface area contributed by atoms with Crippen molar-refractivity contribution in [1.29, 1.82) is 0 Å². The molecule has 1 saturated carbocycles. The Morgan fingerprint density at radius 2 is 1.97 bits per heavy atom. The van der Waals surface area contributed by atoms with E-state index in [2.05, 4.69) is 19.2 Å². The molecule has 188 valence electrons. The highest BCUT2D eigenvalue weighted by Crippen LogP contribution is 2.59. The minimum atomic E-state index is -0.812. The number of fused-ring (bicyclic) bond motifs is 4. The largest absolute Gasteiger partial charge is 0.488 e. The van der Waals surface area contributed by atoms with Gasteiger partial charge in [0.25, 0.3) is 0 Å². The summed E-state index contributed by atoms with van der Waals surface area (Å²) < 4.78 is 23.2. The van der Waals surface area contributed by atoms with Gasteiger partial charge in [-0.2, -0.15) is 0 Å². The van der Waals surface area contributed by atoms with Crippen molar-refractivity contribution in [2.45, 2.75) is 57.0 Å². The lowest BCUT2D eigenvalue weighted by molar-refractivity contribution is -0.139. The summed E-state index contributed by atoms with van der Waals surface area (Å²) in [5.41, 5.74) is 2.72. The van der Waals surface area contributed by atoms with E-state index in [4.69, 9.17) is 18.9 Å². The average Bonchev–Trinajstić information content (AvgIpc) is 3.43. The van der Waals surface area contributed by atoms with Gasteiger partial charge in [0.15, 0.2) is 11.5 Å². The van der Waals surface area contributed by atoms with Gasteiger partial charge in [0.1, 0.15) is 31.0 Å². The van der Waals surface area contributed by atoms with Crippen molar-refractivity contribution in [3.8, 4) is 17.2 Å². The fourth-order valence-electron chi connectivity index (χ4n) is 5.09. The van der Waals surface area contributed by atoms with Crippen LogP contribution in [0, 0.1) is 5.92 Å². The smallest absolute Gasteiger partial charge is 0.311 e. The standard InChI is InChI=1S/C27H33NO7/c1-15(18-5-4-6-19-22-23(26(30)31)25(22)35-24(18)19)34-14-17(29)13-28-27(2,3)12-16-7-8-20-21(11-16)33-10-9-32-20/h4-8,11,15,17,22-23,25,28-29H,9-10,12-14H2,1-3H3,(H,30,31)/t15-,17-,22+,23+,25+/m1/s1. The normalized spacial score (nSPS) is 23.6. The first-order chi connectivity index (χ1) is 16.7. The van der Waals surface area contributed by atoms with Crippen LogP contribution >= 0.6 is 0 Å². The van der Waals surface area contributed by atoms with Crippen LogP contribution in [-0.2, 0) is 16.0 Å². The first-order valence-electron chi connectivity index (χ1n) is 12.2. The molecule has 0 amide bonds. The Morgan fingerprint density at radius 3 is 2.74 bits per heavy atom. The van der Waals surface area contributed by atoms with Crippen LogP contribution in [-0.4, -0.2) is 60.3 Å². The fourth-order valence-corrected chi connectivity index (χ4v) is 5.09. The van der Waals surface area contributed by atoms with E-state index < -0.39 is 18.0 Å². The minimum absolute atomic E-state index is 0.0686. The third kappa shape index (κ3) is 4.96. The first-order valence-corrected chi connectivity index (χ1v) is 12.2. The van der Waals surface area contributed by atoms with Crippen molar-refractivity contribution in [2.24, 2.45) is 5.92 Å². The van der Waals surface area contributed by atoms with E-state index in [9.17, 15) is 15.0 Å². The summed E-state index contributed by atoms with van der Waals surface area (Å²) in [7, 11) is 0. The summed E-state index contributed by atoms with van der Waals surface area (Å²) in [5.74, 6) is 0.960. The number of carboxylic acids is 1. The van der Waals surface area contributed by atoms with Crippen molar-refractivity contribution < 1.29 is 34.0 Å². The Labute approximate surface area is 205 Å². The molecule has 1 fully saturated rings. The predicted molar refractivity (Wildman–Crippen MR) is 128 cm³/mol. The second-order valence-corrected chi connectivity index (χ2v) is 10.3. The number of aliphatic hydroxyl groups is 1. The maximum Gasteiger partial charge on any atom is 0.311 e. The van der Waals surface area contributed by atoms with Crippen LogP contribution in [0.3, 0.4) is 0 Å². The van der Waals surface area contributed by atoms with Gasteiger partial charge < -0.3 is 34.5 Å². The van der Waals surface area contributed by atoms with E-state index in [-0.39, 0.29) is 30.3 Å². The highest BCUT2D eigenvalue weighted by Gasteiger charge is 2.63. The van der Waals surface area contributed by atoms with Crippen LogP contribution in [0.4, 0.5) is 0 Å². The van der Waals surface area contributed by atoms with Gasteiger partial charge in [0.2, 0.25) is 0 Å². The van der Waals surface area contributed by atoms with Gasteiger partial charge in [-0.1, -0.05) is 24.3 Å². The number of β-amino-alcohol motifs (C(OH)–C–C–N with tert-alkyl or cyclic N) is 1. The van der Waals surface area contributed by atoms with E-state index in [0.717, 1.165) is 40.4 Å². The number of aliphatic carboxylic acids is 1. The van der Waals surface area contributed by atoms with Crippen LogP contribution in [0.25, 0.3) is 0 Å². The molecule has 0 unspecified atom stereocenters. The maximum absolute atomic E-state index is 11.3. The van der Waals surface area contributed by atoms with Crippen LogP contribution < -0.4 is 19.5 Å². The zero-order valence-corrected chi connectivity index (χ0v) is 20.3. The molecule has 8 heteroatoms. The summed E-state index contributed by atoms with van der Waals surface area (Å²) >= 11 is 0. The summed E-state index contributed by atoms with van der Waals surface area (Å²) in [4.78, 5) is 11.3. The number of benzene rings is 2. The molecule has 2 aromatic carbocycles. The lowest BCUT2D eigenvalue weighted by Crippen LogP contribution is -2.46. The Bertz CT molecular complexity index is 1100. The molecule has 2 aromatic rings. The number of hydrogen-bond acceptors (Lipinski definition) is 7. The van der Waals surface area contributed by atoms with E-state index in [1.807, 2.05) is 43.3 Å². The summed E-state index contributed by atoms with van der Waals surface area (Å²) in [5, 5.41) is 23.3. The second kappa shape index (κ2) is 9.33. The molecule has 0 spiro atoms. The first kappa shape index (κ1) is 23.9. The molecule has 0 bridgehead atoms. The van der Waals surface area contributed by atoms with Gasteiger partial charge in [0, 0.05) is 29.1 Å². The monoisotopic (exact) mass is 483 g/mol. The Hall–Kier alpha value is -2.81. The highest BCUT2D eigenvalue weighted by molar-refractivity contribution is 5.79. The third-order valence-corrected chi connectivity index (χ3v) is 6.97. The predicted octanol–water partition coefficient (Wildman–Crippen LogP) is 3.07. The molecule has 2 heterocycles. The van der Waals surface area contributed by atoms with Gasteiger partial charge in [-0.3, -0.25) is 4.79 Å². The molecule has 1 aliphatic carbocycles. The lowest BCUT2D eigenvalue weighted by atomic mass is 9.94. The van der Waals surface area contributed by atoms with E-state index in [1.54, 1.807) is 0 Å². The molecule has 3 N–H and O–H groups in total. The van der Waals surface area contributed by atoms with Crippen LogP contribution in [0.2, 0.25) is 0 Å². The van der Waals surface area contributed by atoms with Crippen molar-refractivity contribution in [3.05, 3.63) is 53.1 Å². The number of nitrogens with one attached hydrogen (secondary N) is 1. The van der Waals surface area contributed by atoms with E-state index >= 15 is 0 Å². The molecular formula is C27H33NO7. The van der Waals surface area contributed by atoms with Gasteiger partial charge >= 0.3 is 5.97 Å². The summed E-state index contributed by atoms with van der Waals surface area (Å²) in [6.45, 7) is 7.81.